The first-order chi connectivity index (χ1) is 16.8. The molecule has 4 rings (SSSR count). The van der Waals surface area contributed by atoms with E-state index in [0.29, 0.717) is 12.2 Å². The fourth-order valence-corrected chi connectivity index (χ4v) is 5.15. The van der Waals surface area contributed by atoms with Crippen LogP contribution in [0.1, 0.15) is 22.6 Å². The minimum atomic E-state index is -1.34. The van der Waals surface area contributed by atoms with Crippen molar-refractivity contribution in [2.45, 2.75) is 36.9 Å². The second-order valence-electron chi connectivity index (χ2n) is 8.98. The van der Waals surface area contributed by atoms with Gasteiger partial charge < -0.3 is 49.6 Å². The van der Waals surface area contributed by atoms with Crippen molar-refractivity contribution < 1.29 is 49.6 Å². The van der Waals surface area contributed by atoms with Gasteiger partial charge in [0.1, 0.15) is 18.3 Å². The summed E-state index contributed by atoms with van der Waals surface area (Å²) in [5.41, 5.74) is 2.45. The molecule has 0 radical (unpaired) electrons. The van der Waals surface area contributed by atoms with Gasteiger partial charge in [-0.3, -0.25) is 0 Å². The molecule has 192 valence electrons. The van der Waals surface area contributed by atoms with Crippen LogP contribution in [0, 0.1) is 11.8 Å². The Morgan fingerprint density at radius 2 is 1.63 bits per heavy atom. The lowest BCUT2D eigenvalue weighted by Gasteiger charge is -2.40. The van der Waals surface area contributed by atoms with Crippen LogP contribution >= 0.6 is 0 Å². The first-order valence-electron chi connectivity index (χ1n) is 11.4. The van der Waals surface area contributed by atoms with E-state index in [1.54, 1.807) is 24.3 Å². The number of phenolic OH excluding ortho intramolecular Hbond substituents is 2. The minimum Gasteiger partial charge on any atom is -0.504 e. The molecule has 1 saturated heterocycles. The van der Waals surface area contributed by atoms with Gasteiger partial charge in [0.15, 0.2) is 29.3 Å². The van der Waals surface area contributed by atoms with Gasteiger partial charge in [0.05, 0.1) is 27.4 Å². The molecule has 0 spiro atoms. The van der Waals surface area contributed by atoms with Gasteiger partial charge in [-0.1, -0.05) is 6.07 Å². The molecule has 0 amide bonds. The lowest BCUT2D eigenvalue weighted by atomic mass is 9.67. The fourth-order valence-electron chi connectivity index (χ4n) is 5.15. The molecule has 35 heavy (non-hydrogen) atoms. The molecule has 10 nitrogen and oxygen atoms in total. The molecule has 6 N–H and O–H groups in total. The Morgan fingerprint density at radius 1 is 0.914 bits per heavy atom. The third kappa shape index (κ3) is 4.77. The van der Waals surface area contributed by atoms with Gasteiger partial charge in [-0.15, -0.1) is 0 Å². The highest BCUT2D eigenvalue weighted by Crippen LogP contribution is 2.48. The molecule has 1 fully saturated rings. The van der Waals surface area contributed by atoms with E-state index in [1.807, 2.05) is 0 Å². The van der Waals surface area contributed by atoms with Crippen molar-refractivity contribution in [2.24, 2.45) is 11.8 Å². The van der Waals surface area contributed by atoms with Crippen molar-refractivity contribution in [1.82, 2.24) is 0 Å². The lowest BCUT2D eigenvalue weighted by Crippen LogP contribution is -2.39. The van der Waals surface area contributed by atoms with Gasteiger partial charge in [0.2, 0.25) is 0 Å². The summed E-state index contributed by atoms with van der Waals surface area (Å²) in [7, 11) is 2.91. The highest BCUT2D eigenvalue weighted by Gasteiger charge is 2.45. The van der Waals surface area contributed by atoms with E-state index in [0.717, 1.165) is 16.7 Å². The number of hydrogen-bond acceptors (Lipinski definition) is 10. The molecule has 1 heterocycles. The third-order valence-electron chi connectivity index (χ3n) is 7.04. The summed E-state index contributed by atoms with van der Waals surface area (Å²) in [6, 6.07) is 8.34. The number of hydrogen-bond donors (Lipinski definition) is 6. The molecular formula is C25H32O10. The molecule has 10 heteroatoms. The van der Waals surface area contributed by atoms with E-state index in [2.05, 4.69) is 0 Å². The molecule has 2 aliphatic rings. The maximum atomic E-state index is 10.5. The van der Waals surface area contributed by atoms with Gasteiger partial charge in [-0.05, 0) is 59.2 Å². The van der Waals surface area contributed by atoms with E-state index < -0.39 is 31.2 Å². The number of methoxy groups -OCH3 is 2. The van der Waals surface area contributed by atoms with Crippen LogP contribution in [0.2, 0.25) is 0 Å². The van der Waals surface area contributed by atoms with Crippen LogP contribution in [0.5, 0.6) is 23.0 Å². The Morgan fingerprint density at radius 3 is 2.26 bits per heavy atom. The van der Waals surface area contributed by atoms with Crippen molar-refractivity contribution >= 4 is 0 Å². The summed E-state index contributed by atoms with van der Waals surface area (Å²) >= 11 is 0. The Kier molecular flexibility index (Phi) is 7.70. The summed E-state index contributed by atoms with van der Waals surface area (Å²) in [6.45, 7) is -0.582. The van der Waals surface area contributed by atoms with E-state index in [-0.39, 0.29) is 48.2 Å². The van der Waals surface area contributed by atoms with E-state index in [9.17, 15) is 30.6 Å². The summed E-state index contributed by atoms with van der Waals surface area (Å²) in [6.07, 6.45) is -4.25. The number of rotatable bonds is 8. The highest BCUT2D eigenvalue weighted by molar-refractivity contribution is 5.53. The van der Waals surface area contributed by atoms with Gasteiger partial charge in [0, 0.05) is 12.5 Å². The van der Waals surface area contributed by atoms with Crippen LogP contribution in [-0.2, 0) is 15.9 Å². The van der Waals surface area contributed by atoms with Crippen LogP contribution in [0.15, 0.2) is 30.3 Å². The Labute approximate surface area is 202 Å². The van der Waals surface area contributed by atoms with Crippen LogP contribution in [0.4, 0.5) is 0 Å². The first kappa shape index (κ1) is 25.5. The Balaban J connectivity index is 1.73. The fraction of sp³-hybridized carbons (Fsp3) is 0.520. The monoisotopic (exact) mass is 492 g/mol. The quantitative estimate of drug-likeness (QED) is 0.306. The van der Waals surface area contributed by atoms with Crippen LogP contribution < -0.4 is 9.47 Å². The van der Waals surface area contributed by atoms with Gasteiger partial charge in [0.25, 0.3) is 0 Å². The van der Waals surface area contributed by atoms with Crippen molar-refractivity contribution in [1.29, 1.82) is 0 Å². The maximum absolute atomic E-state index is 10.5. The zero-order chi connectivity index (χ0) is 25.3. The summed E-state index contributed by atoms with van der Waals surface area (Å²) < 4.78 is 21.9. The molecule has 0 saturated carbocycles. The number of phenols is 2. The molecule has 7 atom stereocenters. The normalized spacial score (nSPS) is 30.2. The Bertz CT molecular complexity index is 1030. The number of fused-ring (bicyclic) bond motifs is 1. The topological polar surface area (TPSA) is 158 Å². The Hall–Kier alpha value is -2.60. The molecule has 0 aromatic heterocycles. The molecule has 2 aromatic rings. The number of ether oxygens (including phenoxy) is 4. The smallest absolute Gasteiger partial charge is 0.186 e. The molecule has 0 unspecified atom stereocenters. The van der Waals surface area contributed by atoms with Crippen LogP contribution in [0.25, 0.3) is 0 Å². The number of aliphatic hydroxyl groups excluding tert-OH is 4. The number of benzene rings is 2. The summed E-state index contributed by atoms with van der Waals surface area (Å²) in [5.74, 6) is -0.455. The predicted octanol–water partition coefficient (Wildman–Crippen LogP) is 0.483. The second kappa shape index (κ2) is 10.6. The zero-order valence-corrected chi connectivity index (χ0v) is 19.6. The first-order valence-corrected chi connectivity index (χ1v) is 11.4. The van der Waals surface area contributed by atoms with Crippen molar-refractivity contribution in [3.63, 3.8) is 0 Å². The second-order valence-corrected chi connectivity index (χ2v) is 8.98. The van der Waals surface area contributed by atoms with Crippen LogP contribution in [0.3, 0.4) is 0 Å². The minimum absolute atomic E-state index is 0.0251. The van der Waals surface area contributed by atoms with E-state index >= 15 is 0 Å². The standard InChI is InChI=1S/C25H32O10/c1-32-19-6-12(3-4-17(19)28)22-15-8-18(29)20(33-2)7-13(15)5-14(9-26)16(22)11-34-25-24(31)23(30)21(10-27)35-25/h3-4,6-8,14,16,21-31H,5,9-11H2,1-2H3/t14-,16+,21-,22+,23+,24-,25-/m1/s1. The van der Waals surface area contributed by atoms with Crippen molar-refractivity contribution in [3.05, 3.63) is 47.0 Å². The average molecular weight is 493 g/mol. The van der Waals surface area contributed by atoms with Crippen molar-refractivity contribution in [3.8, 4) is 23.0 Å². The zero-order valence-electron chi connectivity index (χ0n) is 19.6. The summed E-state index contributed by atoms with van der Waals surface area (Å²) in [5, 5.41) is 60.6. The third-order valence-corrected chi connectivity index (χ3v) is 7.04. The van der Waals surface area contributed by atoms with E-state index in [4.69, 9.17) is 18.9 Å². The molecule has 1 aliphatic carbocycles. The number of aliphatic hydroxyl groups is 4. The van der Waals surface area contributed by atoms with Gasteiger partial charge >= 0.3 is 0 Å². The molecule has 1 aliphatic heterocycles. The molecular weight excluding hydrogens is 460 g/mol. The van der Waals surface area contributed by atoms with Gasteiger partial charge in [-0.25, -0.2) is 0 Å². The molecule has 0 bridgehead atoms. The predicted molar refractivity (Wildman–Crippen MR) is 123 cm³/mol. The number of aromatic hydroxyl groups is 2. The van der Waals surface area contributed by atoms with Crippen molar-refractivity contribution in [2.75, 3.05) is 34.0 Å². The average Bonchev–Trinajstić information content (AvgIpc) is 3.14. The molecule has 2 aromatic carbocycles. The lowest BCUT2D eigenvalue weighted by molar-refractivity contribution is -0.179. The van der Waals surface area contributed by atoms with E-state index in [1.165, 1.54) is 20.3 Å². The summed E-state index contributed by atoms with van der Waals surface area (Å²) in [4.78, 5) is 0. The van der Waals surface area contributed by atoms with Gasteiger partial charge in [-0.2, -0.15) is 0 Å². The highest BCUT2D eigenvalue weighted by atomic mass is 16.7. The maximum Gasteiger partial charge on any atom is 0.186 e. The SMILES string of the molecule is COc1cc([C@H]2c3cc(O)c(OC)cc3C[C@H](CO)[C@@H]2CO[C@@H]2O[C@H](CO)[C@H](O)[C@H]2O)ccc1O. The largest absolute Gasteiger partial charge is 0.504 e. The van der Waals surface area contributed by atoms with Crippen LogP contribution in [-0.4, -0.2) is 89.3 Å².